The summed E-state index contributed by atoms with van der Waals surface area (Å²) >= 11 is 0. The van der Waals surface area contributed by atoms with E-state index in [2.05, 4.69) is 37.3 Å². The first-order valence-electron chi connectivity index (χ1n) is 4.85. The predicted octanol–water partition coefficient (Wildman–Crippen LogP) is 3.62. The van der Waals surface area contributed by atoms with Crippen molar-refractivity contribution < 1.29 is 0 Å². The van der Waals surface area contributed by atoms with Crippen LogP contribution in [-0.2, 0) is 0 Å². The Bertz CT molecular complexity index is 255. The molecular formula is C12H16. The summed E-state index contributed by atoms with van der Waals surface area (Å²) in [6.45, 7) is 2.35. The van der Waals surface area contributed by atoms with Gasteiger partial charge in [-0.2, -0.15) is 0 Å². The highest BCUT2D eigenvalue weighted by atomic mass is 14.3. The lowest BCUT2D eigenvalue weighted by Gasteiger charge is -2.28. The van der Waals surface area contributed by atoms with E-state index >= 15 is 0 Å². The van der Waals surface area contributed by atoms with E-state index < -0.39 is 0 Å². The summed E-state index contributed by atoms with van der Waals surface area (Å²) in [6.07, 6.45) is 16.6. The van der Waals surface area contributed by atoms with Gasteiger partial charge in [0.25, 0.3) is 0 Å². The van der Waals surface area contributed by atoms with Crippen molar-refractivity contribution in [3.63, 3.8) is 0 Å². The molecule has 2 aliphatic rings. The van der Waals surface area contributed by atoms with Crippen LogP contribution >= 0.6 is 0 Å². The average molecular weight is 160 g/mol. The average Bonchev–Trinajstić information content (AvgIpc) is 2.58. The van der Waals surface area contributed by atoms with Gasteiger partial charge in [-0.05, 0) is 25.7 Å². The van der Waals surface area contributed by atoms with E-state index in [1.54, 1.807) is 5.57 Å². The van der Waals surface area contributed by atoms with Gasteiger partial charge in [-0.25, -0.2) is 0 Å². The van der Waals surface area contributed by atoms with Gasteiger partial charge < -0.3 is 0 Å². The van der Waals surface area contributed by atoms with E-state index in [4.69, 9.17) is 0 Å². The minimum atomic E-state index is 0.352. The zero-order valence-electron chi connectivity index (χ0n) is 7.72. The van der Waals surface area contributed by atoms with Crippen molar-refractivity contribution in [2.45, 2.75) is 32.6 Å². The minimum absolute atomic E-state index is 0.352. The molecule has 0 heteroatoms. The van der Waals surface area contributed by atoms with E-state index in [1.807, 2.05) is 0 Å². The normalized spacial score (nSPS) is 33.9. The molecule has 0 N–H and O–H groups in total. The van der Waals surface area contributed by atoms with E-state index in [9.17, 15) is 0 Å². The molecule has 0 unspecified atom stereocenters. The lowest BCUT2D eigenvalue weighted by molar-refractivity contribution is 0.503. The Morgan fingerprint density at radius 2 is 2.25 bits per heavy atom. The quantitative estimate of drug-likeness (QED) is 0.514. The zero-order chi connectivity index (χ0) is 8.44. The van der Waals surface area contributed by atoms with Crippen LogP contribution in [0.25, 0.3) is 0 Å². The first-order valence-corrected chi connectivity index (χ1v) is 4.85. The Morgan fingerprint density at radius 1 is 1.33 bits per heavy atom. The molecule has 0 aliphatic heterocycles. The Morgan fingerprint density at radius 3 is 2.83 bits per heavy atom. The number of rotatable bonds is 1. The third-order valence-corrected chi connectivity index (χ3v) is 3.03. The van der Waals surface area contributed by atoms with Crippen molar-refractivity contribution in [2.75, 3.05) is 0 Å². The topological polar surface area (TPSA) is 0 Å². The number of hydrogen-bond acceptors (Lipinski definition) is 0. The Labute approximate surface area is 74.7 Å². The standard InChI is InChI=1S/C12H16/c1-12(9-5-2-6-10-12)11-7-3-4-8-11/h2,5-7,9H,3-4,8,10H2,1H3/t12-/m1/s1. The summed E-state index contributed by atoms with van der Waals surface area (Å²) in [4.78, 5) is 0. The highest BCUT2D eigenvalue weighted by molar-refractivity contribution is 5.29. The first kappa shape index (κ1) is 7.85. The molecule has 12 heavy (non-hydrogen) atoms. The van der Waals surface area contributed by atoms with Crippen molar-refractivity contribution in [1.82, 2.24) is 0 Å². The third-order valence-electron chi connectivity index (χ3n) is 3.03. The molecule has 0 aromatic heterocycles. The molecule has 0 fully saturated rings. The summed E-state index contributed by atoms with van der Waals surface area (Å²) < 4.78 is 0. The fraction of sp³-hybridized carbons (Fsp3) is 0.500. The van der Waals surface area contributed by atoms with Gasteiger partial charge >= 0.3 is 0 Å². The van der Waals surface area contributed by atoms with Gasteiger partial charge in [0.15, 0.2) is 0 Å². The molecule has 0 amide bonds. The second-order valence-electron chi connectivity index (χ2n) is 4.03. The first-order chi connectivity index (χ1) is 5.81. The highest BCUT2D eigenvalue weighted by Gasteiger charge is 2.26. The van der Waals surface area contributed by atoms with Crippen LogP contribution in [0.15, 0.2) is 36.0 Å². The zero-order valence-corrected chi connectivity index (χ0v) is 7.72. The fourth-order valence-corrected chi connectivity index (χ4v) is 2.16. The number of hydrogen-bond donors (Lipinski definition) is 0. The molecular weight excluding hydrogens is 144 g/mol. The maximum absolute atomic E-state index is 2.43. The summed E-state index contributed by atoms with van der Waals surface area (Å²) in [5, 5.41) is 0. The molecule has 0 heterocycles. The Kier molecular flexibility index (Phi) is 1.92. The smallest absolute Gasteiger partial charge is 0.0100 e. The van der Waals surface area contributed by atoms with Crippen molar-refractivity contribution in [1.29, 1.82) is 0 Å². The van der Waals surface area contributed by atoms with Crippen LogP contribution in [0.2, 0.25) is 0 Å². The fourth-order valence-electron chi connectivity index (χ4n) is 2.16. The molecule has 0 radical (unpaired) electrons. The van der Waals surface area contributed by atoms with Gasteiger partial charge in [0, 0.05) is 5.41 Å². The van der Waals surface area contributed by atoms with Crippen LogP contribution in [0.1, 0.15) is 32.6 Å². The highest BCUT2D eigenvalue weighted by Crippen LogP contribution is 2.40. The molecule has 2 aliphatic carbocycles. The summed E-state index contributed by atoms with van der Waals surface area (Å²) in [5.74, 6) is 0. The molecule has 64 valence electrons. The van der Waals surface area contributed by atoms with Crippen LogP contribution in [-0.4, -0.2) is 0 Å². The van der Waals surface area contributed by atoms with E-state index in [-0.39, 0.29) is 0 Å². The predicted molar refractivity (Wildman–Crippen MR) is 52.9 cm³/mol. The second kappa shape index (κ2) is 2.93. The van der Waals surface area contributed by atoms with Crippen molar-refractivity contribution >= 4 is 0 Å². The lowest BCUT2D eigenvalue weighted by Crippen LogP contribution is -2.15. The molecule has 1 atom stereocenters. The maximum atomic E-state index is 2.43. The monoisotopic (exact) mass is 160 g/mol. The van der Waals surface area contributed by atoms with Gasteiger partial charge in [-0.1, -0.05) is 42.9 Å². The van der Waals surface area contributed by atoms with Gasteiger partial charge in [0.05, 0.1) is 0 Å². The molecule has 0 spiro atoms. The van der Waals surface area contributed by atoms with Crippen LogP contribution in [0.3, 0.4) is 0 Å². The van der Waals surface area contributed by atoms with Crippen molar-refractivity contribution in [3.8, 4) is 0 Å². The molecule has 0 bridgehead atoms. The third kappa shape index (κ3) is 1.26. The second-order valence-corrected chi connectivity index (χ2v) is 4.03. The molecule has 0 saturated carbocycles. The SMILES string of the molecule is C[C@@]1(C2=CCCC2)C=CC=CC1. The molecule has 0 nitrogen and oxygen atoms in total. The van der Waals surface area contributed by atoms with E-state index in [0.29, 0.717) is 5.41 Å². The van der Waals surface area contributed by atoms with E-state index in [0.717, 1.165) is 0 Å². The molecule has 0 aromatic rings. The van der Waals surface area contributed by atoms with Gasteiger partial charge in [0.1, 0.15) is 0 Å². The molecule has 2 rings (SSSR count). The summed E-state index contributed by atoms with van der Waals surface area (Å²) in [7, 11) is 0. The van der Waals surface area contributed by atoms with Crippen molar-refractivity contribution in [3.05, 3.63) is 36.0 Å². The largest absolute Gasteiger partial charge is 0.0844 e. The summed E-state index contributed by atoms with van der Waals surface area (Å²) in [6, 6.07) is 0. The van der Waals surface area contributed by atoms with Crippen molar-refractivity contribution in [2.24, 2.45) is 5.41 Å². The summed E-state index contributed by atoms with van der Waals surface area (Å²) in [5.41, 5.74) is 2.01. The molecule has 0 aromatic carbocycles. The maximum Gasteiger partial charge on any atom is 0.0100 e. The molecule has 0 saturated heterocycles. The lowest BCUT2D eigenvalue weighted by atomic mass is 9.76. The number of allylic oxidation sites excluding steroid dienone is 6. The van der Waals surface area contributed by atoms with Crippen LogP contribution in [0, 0.1) is 5.41 Å². The van der Waals surface area contributed by atoms with Gasteiger partial charge in [-0.3, -0.25) is 0 Å². The van der Waals surface area contributed by atoms with Crippen LogP contribution in [0.5, 0.6) is 0 Å². The van der Waals surface area contributed by atoms with Gasteiger partial charge in [0.2, 0.25) is 0 Å². The minimum Gasteiger partial charge on any atom is -0.0844 e. The van der Waals surface area contributed by atoms with Crippen LogP contribution in [0.4, 0.5) is 0 Å². The Balaban J connectivity index is 2.20. The van der Waals surface area contributed by atoms with Gasteiger partial charge in [-0.15, -0.1) is 0 Å². The van der Waals surface area contributed by atoms with E-state index in [1.165, 1.54) is 25.7 Å². The Hall–Kier alpha value is -0.780. The van der Waals surface area contributed by atoms with Crippen LogP contribution < -0.4 is 0 Å².